The van der Waals surface area contributed by atoms with Crippen LogP contribution < -0.4 is 5.73 Å². The summed E-state index contributed by atoms with van der Waals surface area (Å²) in [4.78, 5) is 4.75. The Morgan fingerprint density at radius 3 is 2.82 bits per heavy atom. The van der Waals surface area contributed by atoms with Crippen molar-refractivity contribution in [2.45, 2.75) is 33.2 Å². The highest BCUT2D eigenvalue weighted by molar-refractivity contribution is 5.79. The van der Waals surface area contributed by atoms with Gasteiger partial charge in [0.05, 0.1) is 11.0 Å². The lowest BCUT2D eigenvalue weighted by atomic mass is 10.1. The van der Waals surface area contributed by atoms with Crippen molar-refractivity contribution >= 4 is 11.0 Å². The van der Waals surface area contributed by atoms with E-state index in [0.29, 0.717) is 12.5 Å². The summed E-state index contributed by atoms with van der Waals surface area (Å²) in [5.74, 6) is 1.84. The van der Waals surface area contributed by atoms with Crippen molar-refractivity contribution in [1.82, 2.24) is 9.55 Å². The molecule has 0 aliphatic heterocycles. The number of nitrogens with zero attached hydrogens (tertiary/aromatic N) is 2. The van der Waals surface area contributed by atoms with E-state index in [1.807, 2.05) is 0 Å². The van der Waals surface area contributed by atoms with E-state index in [4.69, 9.17) is 10.7 Å². The predicted molar refractivity (Wildman–Crippen MR) is 71.8 cm³/mol. The minimum absolute atomic E-state index is 0.553. The lowest BCUT2D eigenvalue weighted by Crippen LogP contribution is -2.04. The maximum absolute atomic E-state index is 5.75. The van der Waals surface area contributed by atoms with Crippen molar-refractivity contribution in [2.75, 3.05) is 0 Å². The molecule has 2 aromatic rings. The molecule has 2 rings (SSSR count). The normalized spacial score (nSPS) is 13.2. The van der Waals surface area contributed by atoms with Crippen LogP contribution in [0.4, 0.5) is 0 Å². The van der Waals surface area contributed by atoms with Crippen LogP contribution in [0.3, 0.4) is 0 Å². The van der Waals surface area contributed by atoms with E-state index in [0.717, 1.165) is 23.3 Å². The van der Waals surface area contributed by atoms with Gasteiger partial charge in [-0.15, -0.1) is 0 Å². The van der Waals surface area contributed by atoms with Gasteiger partial charge < -0.3 is 10.3 Å². The molecule has 0 saturated heterocycles. The van der Waals surface area contributed by atoms with Gasteiger partial charge in [-0.05, 0) is 17.5 Å². The average Bonchev–Trinajstić information content (AvgIpc) is 2.66. The van der Waals surface area contributed by atoms with Crippen molar-refractivity contribution in [3.8, 4) is 0 Å². The Bertz CT molecular complexity index is 513. The Kier molecular flexibility index (Phi) is 3.48. The number of aromatic nitrogens is 2. The molecular weight excluding hydrogens is 210 g/mol. The average molecular weight is 231 g/mol. The van der Waals surface area contributed by atoms with Gasteiger partial charge in [-0.1, -0.05) is 32.4 Å². The zero-order chi connectivity index (χ0) is 12.4. The van der Waals surface area contributed by atoms with Gasteiger partial charge in [0.1, 0.15) is 5.82 Å². The first kappa shape index (κ1) is 12.1. The fraction of sp³-hybridized carbons (Fsp3) is 0.500. The van der Waals surface area contributed by atoms with Crippen LogP contribution in [0.15, 0.2) is 18.2 Å². The standard InChI is InChI=1S/C14H21N3/c1-4-10(2)8-13-16-14-11(9-15)6-5-7-12(14)17(13)3/h5-7,10H,4,8-9,15H2,1-3H3. The van der Waals surface area contributed by atoms with Gasteiger partial charge in [-0.2, -0.15) is 0 Å². The Morgan fingerprint density at radius 1 is 1.41 bits per heavy atom. The van der Waals surface area contributed by atoms with Gasteiger partial charge >= 0.3 is 0 Å². The molecule has 0 fully saturated rings. The number of imidazole rings is 1. The molecule has 2 N–H and O–H groups in total. The van der Waals surface area contributed by atoms with E-state index in [-0.39, 0.29) is 0 Å². The maximum Gasteiger partial charge on any atom is 0.109 e. The highest BCUT2D eigenvalue weighted by Crippen LogP contribution is 2.21. The second kappa shape index (κ2) is 4.88. The van der Waals surface area contributed by atoms with Crippen LogP contribution in [0, 0.1) is 5.92 Å². The number of benzene rings is 1. The molecule has 1 unspecified atom stereocenters. The summed E-state index contributed by atoms with van der Waals surface area (Å²) < 4.78 is 2.20. The summed E-state index contributed by atoms with van der Waals surface area (Å²) in [7, 11) is 2.09. The topological polar surface area (TPSA) is 43.8 Å². The first-order valence-corrected chi connectivity index (χ1v) is 6.30. The number of para-hydroxylation sites is 1. The molecule has 0 radical (unpaired) electrons. The lowest BCUT2D eigenvalue weighted by molar-refractivity contribution is 0.535. The SMILES string of the molecule is CCC(C)Cc1nc2c(CN)cccc2n1C. The van der Waals surface area contributed by atoms with Crippen molar-refractivity contribution in [2.24, 2.45) is 18.7 Å². The van der Waals surface area contributed by atoms with Crippen LogP contribution in [-0.4, -0.2) is 9.55 Å². The third-order valence-electron chi connectivity index (χ3n) is 3.54. The Balaban J connectivity index is 2.48. The summed E-state index contributed by atoms with van der Waals surface area (Å²) >= 11 is 0. The van der Waals surface area contributed by atoms with E-state index < -0.39 is 0 Å². The van der Waals surface area contributed by atoms with Gasteiger partial charge in [0.2, 0.25) is 0 Å². The Morgan fingerprint density at radius 2 is 2.18 bits per heavy atom. The smallest absolute Gasteiger partial charge is 0.109 e. The quantitative estimate of drug-likeness (QED) is 0.879. The third kappa shape index (κ3) is 2.20. The summed E-state index contributed by atoms with van der Waals surface area (Å²) in [6.07, 6.45) is 2.22. The summed E-state index contributed by atoms with van der Waals surface area (Å²) in [6.45, 7) is 5.04. The minimum Gasteiger partial charge on any atom is -0.331 e. The Hall–Kier alpha value is -1.35. The molecule has 0 aliphatic rings. The molecule has 1 aromatic carbocycles. The summed E-state index contributed by atoms with van der Waals surface area (Å²) in [5, 5.41) is 0. The zero-order valence-corrected chi connectivity index (χ0v) is 10.9. The lowest BCUT2D eigenvalue weighted by Gasteiger charge is -2.07. The molecule has 0 bridgehead atoms. The third-order valence-corrected chi connectivity index (χ3v) is 3.54. The van der Waals surface area contributed by atoms with Crippen LogP contribution >= 0.6 is 0 Å². The molecule has 1 heterocycles. The minimum atomic E-state index is 0.553. The molecule has 1 aromatic heterocycles. The van der Waals surface area contributed by atoms with E-state index in [2.05, 4.69) is 43.7 Å². The fourth-order valence-electron chi connectivity index (χ4n) is 2.12. The van der Waals surface area contributed by atoms with Crippen molar-refractivity contribution in [3.63, 3.8) is 0 Å². The molecule has 0 amide bonds. The monoisotopic (exact) mass is 231 g/mol. The van der Waals surface area contributed by atoms with Crippen LogP contribution in [0.25, 0.3) is 11.0 Å². The number of hydrogen-bond acceptors (Lipinski definition) is 2. The highest BCUT2D eigenvalue weighted by Gasteiger charge is 2.12. The maximum atomic E-state index is 5.75. The number of fused-ring (bicyclic) bond motifs is 1. The second-order valence-electron chi connectivity index (χ2n) is 4.79. The summed E-state index contributed by atoms with van der Waals surface area (Å²) in [6, 6.07) is 6.23. The Labute approximate surface area is 103 Å². The summed E-state index contributed by atoms with van der Waals surface area (Å²) in [5.41, 5.74) is 9.14. The number of aryl methyl sites for hydroxylation is 1. The van der Waals surface area contributed by atoms with E-state index in [1.54, 1.807) is 0 Å². The number of hydrogen-bond donors (Lipinski definition) is 1. The molecule has 1 atom stereocenters. The molecule has 92 valence electrons. The van der Waals surface area contributed by atoms with Crippen molar-refractivity contribution in [3.05, 3.63) is 29.6 Å². The van der Waals surface area contributed by atoms with E-state index in [1.165, 1.54) is 11.9 Å². The van der Waals surface area contributed by atoms with Crippen LogP contribution in [0.1, 0.15) is 31.7 Å². The fourth-order valence-corrected chi connectivity index (χ4v) is 2.12. The number of rotatable bonds is 4. The van der Waals surface area contributed by atoms with Crippen LogP contribution in [0.5, 0.6) is 0 Å². The first-order chi connectivity index (χ1) is 8.17. The van der Waals surface area contributed by atoms with Crippen LogP contribution in [-0.2, 0) is 20.0 Å². The van der Waals surface area contributed by atoms with E-state index >= 15 is 0 Å². The molecule has 3 nitrogen and oxygen atoms in total. The molecule has 0 aliphatic carbocycles. The largest absolute Gasteiger partial charge is 0.331 e. The van der Waals surface area contributed by atoms with Gasteiger partial charge in [0.15, 0.2) is 0 Å². The first-order valence-electron chi connectivity index (χ1n) is 6.30. The van der Waals surface area contributed by atoms with Crippen molar-refractivity contribution in [1.29, 1.82) is 0 Å². The molecule has 0 saturated carbocycles. The van der Waals surface area contributed by atoms with E-state index in [9.17, 15) is 0 Å². The van der Waals surface area contributed by atoms with Crippen molar-refractivity contribution < 1.29 is 0 Å². The zero-order valence-electron chi connectivity index (χ0n) is 10.9. The second-order valence-corrected chi connectivity index (χ2v) is 4.79. The number of nitrogens with two attached hydrogens (primary N) is 1. The molecule has 3 heteroatoms. The molecule has 0 spiro atoms. The van der Waals surface area contributed by atoms with Gasteiger partial charge in [0.25, 0.3) is 0 Å². The van der Waals surface area contributed by atoms with Gasteiger partial charge in [0, 0.05) is 20.0 Å². The van der Waals surface area contributed by atoms with Gasteiger partial charge in [-0.3, -0.25) is 0 Å². The molecule has 17 heavy (non-hydrogen) atoms. The van der Waals surface area contributed by atoms with Crippen LogP contribution in [0.2, 0.25) is 0 Å². The predicted octanol–water partition coefficient (Wildman–Crippen LogP) is 2.62. The molecular formula is C14H21N3. The van der Waals surface area contributed by atoms with Gasteiger partial charge in [-0.25, -0.2) is 4.98 Å². The highest BCUT2D eigenvalue weighted by atomic mass is 15.1.